The molecule has 0 bridgehead atoms. The summed E-state index contributed by atoms with van der Waals surface area (Å²) in [6, 6.07) is 7.04. The third-order valence-corrected chi connectivity index (χ3v) is 3.47. The quantitative estimate of drug-likeness (QED) is 0.853. The number of rotatable bonds is 4. The fourth-order valence-electron chi connectivity index (χ4n) is 2.35. The van der Waals surface area contributed by atoms with Crippen LogP contribution in [0.4, 0.5) is 5.69 Å². The highest BCUT2D eigenvalue weighted by Gasteiger charge is 2.17. The monoisotopic (exact) mass is 276 g/mol. The molecule has 0 atom stereocenters. The number of piperidine rings is 1. The van der Waals surface area contributed by atoms with Gasteiger partial charge >= 0.3 is 5.97 Å². The van der Waals surface area contributed by atoms with Gasteiger partial charge in [-0.25, -0.2) is 4.79 Å². The van der Waals surface area contributed by atoms with Crippen LogP contribution < -0.4 is 5.32 Å². The molecule has 1 aromatic rings. The fraction of sp³-hybridized carbons (Fsp3) is 0.467. The number of anilines is 1. The number of hydrogen-bond donors (Lipinski definition) is 1. The zero-order valence-electron chi connectivity index (χ0n) is 11.7. The van der Waals surface area contributed by atoms with Crippen LogP contribution in [0.15, 0.2) is 24.3 Å². The van der Waals surface area contributed by atoms with Crippen molar-refractivity contribution < 1.29 is 14.3 Å². The number of nitrogens with one attached hydrogen (secondary N) is 1. The highest BCUT2D eigenvalue weighted by atomic mass is 16.5. The summed E-state index contributed by atoms with van der Waals surface area (Å²) in [4.78, 5) is 25.6. The standard InChI is InChI=1S/C15H20N2O3/c1-20-15(19)12-7-3-4-8-13(12)16-11-14(18)17-9-5-2-6-10-17/h3-4,7-8,16H,2,5-6,9-11H2,1H3. The predicted molar refractivity (Wildman–Crippen MR) is 76.7 cm³/mol. The Kier molecular flexibility index (Phi) is 4.98. The predicted octanol–water partition coefficient (Wildman–Crippen LogP) is 1.90. The van der Waals surface area contributed by atoms with Crippen molar-refractivity contribution in [3.63, 3.8) is 0 Å². The summed E-state index contributed by atoms with van der Waals surface area (Å²) >= 11 is 0. The Morgan fingerprint density at radius 3 is 2.60 bits per heavy atom. The Bertz CT molecular complexity index is 482. The lowest BCUT2D eigenvalue weighted by Crippen LogP contribution is -2.39. The van der Waals surface area contributed by atoms with Crippen LogP contribution in [0.5, 0.6) is 0 Å². The maximum Gasteiger partial charge on any atom is 0.339 e. The van der Waals surface area contributed by atoms with Crippen molar-refractivity contribution in [2.45, 2.75) is 19.3 Å². The second-order valence-corrected chi connectivity index (χ2v) is 4.83. The van der Waals surface area contributed by atoms with Gasteiger partial charge in [-0.15, -0.1) is 0 Å². The SMILES string of the molecule is COC(=O)c1ccccc1NCC(=O)N1CCCCC1. The molecule has 1 amide bonds. The first-order valence-corrected chi connectivity index (χ1v) is 6.91. The van der Waals surface area contributed by atoms with Gasteiger partial charge in [0.2, 0.25) is 5.91 Å². The Hall–Kier alpha value is -2.04. The van der Waals surface area contributed by atoms with Crippen LogP contribution in [0.3, 0.4) is 0 Å². The largest absolute Gasteiger partial charge is 0.465 e. The molecule has 5 heteroatoms. The third-order valence-electron chi connectivity index (χ3n) is 3.47. The number of esters is 1. The van der Waals surface area contributed by atoms with E-state index in [0.29, 0.717) is 11.3 Å². The molecule has 1 aliphatic rings. The van der Waals surface area contributed by atoms with Crippen LogP contribution in [-0.4, -0.2) is 43.5 Å². The second kappa shape index (κ2) is 6.93. The van der Waals surface area contributed by atoms with Crippen molar-refractivity contribution in [1.82, 2.24) is 4.90 Å². The smallest absolute Gasteiger partial charge is 0.339 e. The Labute approximate surface area is 118 Å². The fourth-order valence-corrected chi connectivity index (χ4v) is 2.35. The summed E-state index contributed by atoms with van der Waals surface area (Å²) in [5.74, 6) is -0.331. The van der Waals surface area contributed by atoms with Crippen molar-refractivity contribution in [3.05, 3.63) is 29.8 Å². The lowest BCUT2D eigenvalue weighted by molar-refractivity contribution is -0.130. The molecule has 0 saturated carbocycles. The van der Waals surface area contributed by atoms with E-state index in [0.717, 1.165) is 25.9 Å². The first-order valence-electron chi connectivity index (χ1n) is 6.91. The van der Waals surface area contributed by atoms with Crippen LogP contribution in [-0.2, 0) is 9.53 Å². The molecule has 0 spiro atoms. The van der Waals surface area contributed by atoms with E-state index in [1.807, 2.05) is 11.0 Å². The molecule has 5 nitrogen and oxygen atoms in total. The molecule has 1 heterocycles. The van der Waals surface area contributed by atoms with Crippen LogP contribution in [0, 0.1) is 0 Å². The summed E-state index contributed by atoms with van der Waals surface area (Å²) in [5.41, 5.74) is 1.08. The number of amides is 1. The minimum Gasteiger partial charge on any atom is -0.465 e. The average molecular weight is 276 g/mol. The number of benzene rings is 1. The molecule has 1 N–H and O–H groups in total. The molecule has 108 valence electrons. The van der Waals surface area contributed by atoms with Crippen molar-refractivity contribution in [3.8, 4) is 0 Å². The van der Waals surface area contributed by atoms with Crippen molar-refractivity contribution >= 4 is 17.6 Å². The summed E-state index contributed by atoms with van der Waals surface area (Å²) in [6.45, 7) is 1.87. The number of carbonyl (C=O) groups is 2. The Balaban J connectivity index is 1.96. The van der Waals surface area contributed by atoms with Crippen LogP contribution in [0.1, 0.15) is 29.6 Å². The molecule has 1 fully saturated rings. The molecule has 1 saturated heterocycles. The summed E-state index contributed by atoms with van der Waals surface area (Å²) in [7, 11) is 1.35. The topological polar surface area (TPSA) is 58.6 Å². The number of nitrogens with zero attached hydrogens (tertiary/aromatic N) is 1. The van der Waals surface area contributed by atoms with Gasteiger partial charge in [-0.2, -0.15) is 0 Å². The molecule has 0 aliphatic carbocycles. The number of methoxy groups -OCH3 is 1. The van der Waals surface area contributed by atoms with Crippen LogP contribution in [0.25, 0.3) is 0 Å². The van der Waals surface area contributed by atoms with Gasteiger partial charge in [-0.3, -0.25) is 4.79 Å². The first kappa shape index (κ1) is 14.4. The van der Waals surface area contributed by atoms with Gasteiger partial charge in [0.25, 0.3) is 0 Å². The maximum absolute atomic E-state index is 12.1. The number of carbonyl (C=O) groups excluding carboxylic acids is 2. The van der Waals surface area contributed by atoms with Crippen LogP contribution in [0.2, 0.25) is 0 Å². The van der Waals surface area contributed by atoms with Crippen molar-refractivity contribution in [1.29, 1.82) is 0 Å². The average Bonchev–Trinajstić information content (AvgIpc) is 2.53. The van der Waals surface area contributed by atoms with Gasteiger partial charge in [-0.05, 0) is 31.4 Å². The van der Waals surface area contributed by atoms with E-state index in [9.17, 15) is 9.59 Å². The van der Waals surface area contributed by atoms with E-state index in [2.05, 4.69) is 5.32 Å². The van der Waals surface area contributed by atoms with Gasteiger partial charge in [0, 0.05) is 18.8 Å². The molecule has 0 radical (unpaired) electrons. The van der Waals surface area contributed by atoms with Gasteiger partial charge in [-0.1, -0.05) is 12.1 Å². The maximum atomic E-state index is 12.1. The van der Waals surface area contributed by atoms with Gasteiger partial charge in [0.1, 0.15) is 0 Å². The van der Waals surface area contributed by atoms with Crippen molar-refractivity contribution in [2.75, 3.05) is 32.1 Å². The number of ether oxygens (including phenoxy) is 1. The normalized spacial score (nSPS) is 14.8. The molecule has 0 aromatic heterocycles. The van der Waals surface area contributed by atoms with Crippen molar-refractivity contribution in [2.24, 2.45) is 0 Å². The lowest BCUT2D eigenvalue weighted by atomic mass is 10.1. The van der Waals surface area contributed by atoms with E-state index in [-0.39, 0.29) is 12.5 Å². The molecular formula is C15H20N2O3. The zero-order valence-corrected chi connectivity index (χ0v) is 11.7. The molecule has 2 rings (SSSR count). The van der Waals surface area contributed by atoms with E-state index in [1.165, 1.54) is 13.5 Å². The zero-order chi connectivity index (χ0) is 14.4. The minimum absolute atomic E-state index is 0.0735. The highest BCUT2D eigenvalue weighted by molar-refractivity contribution is 5.96. The van der Waals surface area contributed by atoms with Crippen LogP contribution >= 0.6 is 0 Å². The number of likely N-dealkylation sites (tertiary alicyclic amines) is 1. The Morgan fingerprint density at radius 1 is 1.20 bits per heavy atom. The number of para-hydroxylation sites is 1. The van der Waals surface area contributed by atoms with Gasteiger partial charge < -0.3 is 15.0 Å². The molecule has 20 heavy (non-hydrogen) atoms. The van der Waals surface area contributed by atoms with Gasteiger partial charge in [0.15, 0.2) is 0 Å². The highest BCUT2D eigenvalue weighted by Crippen LogP contribution is 2.16. The van der Waals surface area contributed by atoms with E-state index in [4.69, 9.17) is 4.74 Å². The first-order chi connectivity index (χ1) is 9.72. The molecule has 1 aliphatic heterocycles. The Morgan fingerprint density at radius 2 is 1.90 bits per heavy atom. The molecule has 0 unspecified atom stereocenters. The lowest BCUT2D eigenvalue weighted by Gasteiger charge is -2.27. The summed E-state index contributed by atoms with van der Waals surface area (Å²) < 4.78 is 4.73. The summed E-state index contributed by atoms with van der Waals surface area (Å²) in [6.07, 6.45) is 3.34. The van der Waals surface area contributed by atoms with E-state index in [1.54, 1.807) is 18.2 Å². The number of hydrogen-bond acceptors (Lipinski definition) is 4. The van der Waals surface area contributed by atoms with E-state index < -0.39 is 5.97 Å². The minimum atomic E-state index is -0.404. The summed E-state index contributed by atoms with van der Waals surface area (Å²) in [5, 5.41) is 3.03. The second-order valence-electron chi connectivity index (χ2n) is 4.83. The third kappa shape index (κ3) is 3.50. The molecular weight excluding hydrogens is 256 g/mol. The van der Waals surface area contributed by atoms with E-state index >= 15 is 0 Å². The van der Waals surface area contributed by atoms with Gasteiger partial charge in [0.05, 0.1) is 19.2 Å². The molecule has 1 aromatic carbocycles.